The van der Waals surface area contributed by atoms with Crippen molar-refractivity contribution in [1.29, 1.82) is 0 Å². The van der Waals surface area contributed by atoms with E-state index in [2.05, 4.69) is 0 Å². The van der Waals surface area contributed by atoms with E-state index in [1.807, 2.05) is 10.7 Å². The number of fused-ring (bicyclic) bond motifs is 1. The van der Waals surface area contributed by atoms with Crippen LogP contribution in [0.2, 0.25) is 0 Å². The maximum Gasteiger partial charge on any atom is 0.261 e. The number of carbonyl (C=O) groups excluding carboxylic acids is 2. The summed E-state index contributed by atoms with van der Waals surface area (Å²) >= 11 is 0. The first-order chi connectivity index (χ1) is 15.6. The van der Waals surface area contributed by atoms with Crippen LogP contribution in [-0.4, -0.2) is 33.1 Å². The van der Waals surface area contributed by atoms with Gasteiger partial charge < -0.3 is 4.74 Å². The summed E-state index contributed by atoms with van der Waals surface area (Å²) in [5, 5.41) is 4.70. The lowest BCUT2D eigenvalue weighted by molar-refractivity contribution is 0.0640. The van der Waals surface area contributed by atoms with Gasteiger partial charge in [0.2, 0.25) is 5.88 Å². The molecule has 1 aliphatic heterocycles. The van der Waals surface area contributed by atoms with Crippen LogP contribution in [0.1, 0.15) is 64.9 Å². The van der Waals surface area contributed by atoms with Crippen LogP contribution >= 0.6 is 0 Å². The summed E-state index contributed by atoms with van der Waals surface area (Å²) in [4.78, 5) is 26.7. The molecule has 5 rings (SSSR count). The molecule has 1 aromatic carbocycles. The number of rotatable bonds is 7. The minimum atomic E-state index is -0.292. The summed E-state index contributed by atoms with van der Waals surface area (Å²) in [6.45, 7) is 1.23. The van der Waals surface area contributed by atoms with Gasteiger partial charge in [-0.15, -0.1) is 0 Å². The molecule has 0 atom stereocenters. The average molecular weight is 435 g/mol. The van der Waals surface area contributed by atoms with Crippen LogP contribution in [0.5, 0.6) is 5.88 Å². The monoisotopic (exact) mass is 435 g/mol. The van der Waals surface area contributed by atoms with Gasteiger partial charge in [-0.05, 0) is 49.0 Å². The van der Waals surface area contributed by atoms with Crippen molar-refractivity contribution in [2.75, 3.05) is 6.61 Å². The number of hydrogen-bond donors (Lipinski definition) is 0. The molecule has 2 amide bonds. The zero-order valence-corrected chi connectivity index (χ0v) is 17.9. The Kier molecular flexibility index (Phi) is 5.64. The molecule has 0 spiro atoms. The van der Waals surface area contributed by atoms with Gasteiger partial charge in [0.05, 0.1) is 23.4 Å². The number of carbonyl (C=O) groups is 2. The van der Waals surface area contributed by atoms with Crippen molar-refractivity contribution in [3.05, 3.63) is 70.7 Å². The lowest BCUT2D eigenvalue weighted by atomic mass is 10.1. The first-order valence-corrected chi connectivity index (χ1v) is 11.3. The molecule has 1 fully saturated rings. The Hall–Kier alpha value is -3.22. The van der Waals surface area contributed by atoms with Gasteiger partial charge in [-0.3, -0.25) is 14.5 Å². The van der Waals surface area contributed by atoms with E-state index >= 15 is 0 Å². The smallest absolute Gasteiger partial charge is 0.261 e. The van der Waals surface area contributed by atoms with Gasteiger partial charge in [-0.25, -0.2) is 9.07 Å². The van der Waals surface area contributed by atoms with Crippen LogP contribution in [0.15, 0.2) is 53.9 Å². The van der Waals surface area contributed by atoms with E-state index in [0.717, 1.165) is 12.1 Å². The zero-order chi connectivity index (χ0) is 22.1. The highest BCUT2D eigenvalue weighted by atomic mass is 19.1. The van der Waals surface area contributed by atoms with Gasteiger partial charge in [0, 0.05) is 19.0 Å². The van der Waals surface area contributed by atoms with Crippen molar-refractivity contribution in [2.24, 2.45) is 5.92 Å². The molecular weight excluding hydrogens is 409 g/mol. The number of nitrogens with zero attached hydrogens (tertiary/aromatic N) is 3. The van der Waals surface area contributed by atoms with Crippen LogP contribution in [0.3, 0.4) is 0 Å². The van der Waals surface area contributed by atoms with Crippen LogP contribution in [0.25, 0.3) is 0 Å². The van der Waals surface area contributed by atoms with Crippen LogP contribution in [-0.2, 0) is 13.1 Å². The van der Waals surface area contributed by atoms with Crippen molar-refractivity contribution in [1.82, 2.24) is 14.7 Å². The van der Waals surface area contributed by atoms with E-state index in [1.165, 1.54) is 36.7 Å². The molecule has 0 saturated heterocycles. The fraction of sp³-hybridized carbons (Fsp3) is 0.400. The lowest BCUT2D eigenvalue weighted by Crippen LogP contribution is -2.29. The van der Waals surface area contributed by atoms with Gasteiger partial charge in [0.25, 0.3) is 11.8 Å². The van der Waals surface area contributed by atoms with E-state index in [-0.39, 0.29) is 24.2 Å². The van der Waals surface area contributed by atoms with Crippen LogP contribution in [0, 0.1) is 5.92 Å². The van der Waals surface area contributed by atoms with E-state index in [0.29, 0.717) is 48.1 Å². The summed E-state index contributed by atoms with van der Waals surface area (Å²) < 4.78 is 21.2. The molecule has 6 nitrogen and oxygen atoms in total. The summed E-state index contributed by atoms with van der Waals surface area (Å²) in [6.07, 6.45) is 9.11. The highest BCUT2D eigenvalue weighted by Crippen LogP contribution is 2.30. The van der Waals surface area contributed by atoms with E-state index < -0.39 is 0 Å². The van der Waals surface area contributed by atoms with Gasteiger partial charge in [-0.2, -0.15) is 5.10 Å². The number of hydrogen-bond acceptors (Lipinski definition) is 4. The third-order valence-electron chi connectivity index (χ3n) is 6.49. The number of aromatic nitrogens is 2. The van der Waals surface area contributed by atoms with Crippen LogP contribution in [0.4, 0.5) is 4.39 Å². The van der Waals surface area contributed by atoms with E-state index in [1.54, 1.807) is 30.3 Å². The molecule has 166 valence electrons. The Morgan fingerprint density at radius 1 is 1.03 bits per heavy atom. The Morgan fingerprint density at radius 3 is 2.41 bits per heavy atom. The summed E-state index contributed by atoms with van der Waals surface area (Å²) in [5.41, 5.74) is 2.52. The minimum Gasteiger partial charge on any atom is -0.473 e. The second kappa shape index (κ2) is 8.73. The Labute approximate surface area is 186 Å². The number of halogens is 1. The highest BCUT2D eigenvalue weighted by Gasteiger charge is 2.35. The molecular formula is C25H26FN3O3. The first-order valence-electron chi connectivity index (χ1n) is 11.3. The van der Waals surface area contributed by atoms with E-state index in [4.69, 9.17) is 9.84 Å². The second-order valence-corrected chi connectivity index (χ2v) is 8.78. The molecule has 2 heterocycles. The normalized spacial score (nSPS) is 18.7. The molecule has 1 aromatic heterocycles. The van der Waals surface area contributed by atoms with Gasteiger partial charge >= 0.3 is 0 Å². The van der Waals surface area contributed by atoms with Crippen molar-refractivity contribution < 1.29 is 18.7 Å². The predicted octanol–water partition coefficient (Wildman–Crippen LogP) is 4.82. The molecule has 0 radical (unpaired) electrons. The average Bonchev–Trinajstić information content (AvgIpc) is 3.51. The third-order valence-corrected chi connectivity index (χ3v) is 6.49. The molecule has 32 heavy (non-hydrogen) atoms. The number of amides is 2. The number of imide groups is 1. The first kappa shape index (κ1) is 20.7. The standard InChI is InChI=1S/C25H26FN3O3/c26-19-11-9-18(10-12-19)16-32-23-13-20(27-29(23)14-17-5-1-2-6-17)15-28-24(30)21-7-3-4-8-22(21)25(28)31/h3-4,7-9,11,13,17H,1-2,5-6,10,12,14-16H2. The predicted molar refractivity (Wildman–Crippen MR) is 117 cm³/mol. The van der Waals surface area contributed by atoms with Crippen molar-refractivity contribution in [3.8, 4) is 5.88 Å². The molecule has 2 aromatic rings. The summed E-state index contributed by atoms with van der Waals surface area (Å²) in [6, 6.07) is 8.70. The van der Waals surface area contributed by atoms with E-state index in [9.17, 15) is 14.0 Å². The lowest BCUT2D eigenvalue weighted by Gasteiger charge is -2.15. The molecule has 0 bridgehead atoms. The Bertz CT molecular complexity index is 1080. The fourth-order valence-corrected chi connectivity index (χ4v) is 4.70. The molecule has 7 heteroatoms. The quantitative estimate of drug-likeness (QED) is 0.585. The van der Waals surface area contributed by atoms with Gasteiger partial charge in [0.15, 0.2) is 0 Å². The second-order valence-electron chi connectivity index (χ2n) is 8.78. The zero-order valence-electron chi connectivity index (χ0n) is 17.9. The molecule has 1 saturated carbocycles. The minimum absolute atomic E-state index is 0.108. The van der Waals surface area contributed by atoms with Crippen molar-refractivity contribution in [2.45, 2.75) is 51.6 Å². The van der Waals surface area contributed by atoms with Gasteiger partial charge in [-0.1, -0.05) is 31.1 Å². The maximum absolute atomic E-state index is 13.3. The molecule has 0 unspecified atom stereocenters. The van der Waals surface area contributed by atoms with Crippen molar-refractivity contribution >= 4 is 11.8 Å². The fourth-order valence-electron chi connectivity index (χ4n) is 4.70. The Morgan fingerprint density at radius 2 is 1.75 bits per heavy atom. The third kappa shape index (κ3) is 4.11. The summed E-state index contributed by atoms with van der Waals surface area (Å²) in [5.74, 6) is 0.484. The topological polar surface area (TPSA) is 64.4 Å². The highest BCUT2D eigenvalue weighted by molar-refractivity contribution is 6.21. The molecule has 2 aliphatic carbocycles. The molecule has 3 aliphatic rings. The van der Waals surface area contributed by atoms with Crippen LogP contribution < -0.4 is 4.74 Å². The number of allylic oxidation sites excluding steroid dienone is 3. The summed E-state index contributed by atoms with van der Waals surface area (Å²) in [7, 11) is 0. The maximum atomic E-state index is 13.3. The number of benzene rings is 1. The largest absolute Gasteiger partial charge is 0.473 e. The Balaban J connectivity index is 1.34. The number of ether oxygens (including phenoxy) is 1. The van der Waals surface area contributed by atoms with Gasteiger partial charge in [0.1, 0.15) is 12.4 Å². The molecule has 0 N–H and O–H groups in total. The van der Waals surface area contributed by atoms with Crippen molar-refractivity contribution in [3.63, 3.8) is 0 Å². The SMILES string of the molecule is O=C1c2ccccc2C(=O)N1Cc1cc(OCC2=CC=C(F)CC2)n(CC2CCCC2)n1.